The molecule has 1 aromatic heterocycles. The van der Waals surface area contributed by atoms with E-state index in [1.807, 2.05) is 19.1 Å². The van der Waals surface area contributed by atoms with Crippen molar-refractivity contribution in [3.63, 3.8) is 0 Å². The first kappa shape index (κ1) is 15.4. The number of hydrogen-bond donors (Lipinski definition) is 1. The molecule has 106 valence electrons. The number of halogens is 3. The molecule has 0 atom stereocenters. The van der Waals surface area contributed by atoms with E-state index in [-0.39, 0.29) is 6.61 Å². The van der Waals surface area contributed by atoms with Gasteiger partial charge in [0.15, 0.2) is 0 Å². The summed E-state index contributed by atoms with van der Waals surface area (Å²) in [4.78, 5) is 4.41. The molecule has 0 spiro atoms. The Kier molecular flexibility index (Phi) is 5.52. The van der Waals surface area contributed by atoms with Gasteiger partial charge in [-0.1, -0.05) is 23.2 Å². The number of benzene rings is 1. The maximum absolute atomic E-state index is 6.12. The molecule has 20 heavy (non-hydrogen) atoms. The van der Waals surface area contributed by atoms with Crippen molar-refractivity contribution in [1.82, 2.24) is 4.98 Å². The molecule has 1 aromatic carbocycles. The van der Waals surface area contributed by atoms with Crippen molar-refractivity contribution in [3.8, 4) is 5.75 Å². The van der Waals surface area contributed by atoms with Gasteiger partial charge in [-0.3, -0.25) is 0 Å². The highest BCUT2D eigenvalue weighted by atomic mass is 79.9. The third kappa shape index (κ3) is 4.01. The number of ether oxygens (including phenoxy) is 1. The molecule has 0 unspecified atom stereocenters. The van der Waals surface area contributed by atoms with E-state index in [4.69, 9.17) is 27.9 Å². The number of aromatic nitrogens is 1. The first-order valence-corrected chi connectivity index (χ1v) is 7.62. The zero-order chi connectivity index (χ0) is 14.5. The van der Waals surface area contributed by atoms with E-state index in [1.165, 1.54) is 0 Å². The zero-order valence-corrected chi connectivity index (χ0v) is 13.9. The lowest BCUT2D eigenvalue weighted by Crippen LogP contribution is -2.04. The minimum absolute atomic E-state index is 0.290. The Morgan fingerprint density at radius 3 is 2.75 bits per heavy atom. The highest BCUT2D eigenvalue weighted by Crippen LogP contribution is 2.29. The van der Waals surface area contributed by atoms with Crippen LogP contribution in [0.25, 0.3) is 0 Å². The molecule has 0 radical (unpaired) electrons. The molecule has 0 fully saturated rings. The maximum Gasteiger partial charge on any atom is 0.134 e. The summed E-state index contributed by atoms with van der Waals surface area (Å²) in [6, 6.07) is 9.00. The van der Waals surface area contributed by atoms with Gasteiger partial charge in [0.1, 0.15) is 18.2 Å². The molecule has 0 saturated heterocycles. The maximum atomic E-state index is 6.12. The van der Waals surface area contributed by atoms with E-state index in [0.717, 1.165) is 16.8 Å². The second kappa shape index (κ2) is 7.16. The van der Waals surface area contributed by atoms with Crippen molar-refractivity contribution in [2.45, 2.75) is 13.5 Å². The molecule has 0 amide bonds. The summed E-state index contributed by atoms with van der Waals surface area (Å²) in [5.74, 6) is 1.48. The van der Waals surface area contributed by atoms with Crippen LogP contribution in [-0.2, 0) is 6.61 Å². The van der Waals surface area contributed by atoms with Gasteiger partial charge in [0.25, 0.3) is 0 Å². The molecule has 0 aliphatic carbocycles. The molecular weight excluding hydrogens is 363 g/mol. The van der Waals surface area contributed by atoms with Crippen molar-refractivity contribution >= 4 is 44.9 Å². The van der Waals surface area contributed by atoms with Crippen LogP contribution in [0.3, 0.4) is 0 Å². The number of hydrogen-bond acceptors (Lipinski definition) is 3. The van der Waals surface area contributed by atoms with Crippen LogP contribution in [0.2, 0.25) is 10.0 Å². The molecule has 0 aliphatic rings. The first-order valence-electron chi connectivity index (χ1n) is 6.07. The number of nitrogens with zero attached hydrogens (tertiary/aromatic N) is 1. The highest BCUT2D eigenvalue weighted by Gasteiger charge is 2.07. The van der Waals surface area contributed by atoms with Crippen molar-refractivity contribution in [2.75, 3.05) is 11.9 Å². The van der Waals surface area contributed by atoms with Crippen LogP contribution in [0.15, 0.2) is 34.8 Å². The Hall–Kier alpha value is -0.970. The third-order valence-electron chi connectivity index (χ3n) is 2.53. The Labute approximate surface area is 136 Å². The van der Waals surface area contributed by atoms with E-state index in [0.29, 0.717) is 21.5 Å². The molecule has 0 bridgehead atoms. The van der Waals surface area contributed by atoms with Gasteiger partial charge in [-0.25, -0.2) is 4.98 Å². The standard InChI is InChI=1S/C14H13BrCl2N2O/c1-2-18-14-6-4-11(17)12(19-14)8-20-13-5-3-9(16)7-10(13)15/h3-7H,2,8H2,1H3,(H,18,19). The van der Waals surface area contributed by atoms with E-state index in [9.17, 15) is 0 Å². The fourth-order valence-corrected chi connectivity index (χ4v) is 2.56. The van der Waals surface area contributed by atoms with Gasteiger partial charge in [0, 0.05) is 11.6 Å². The van der Waals surface area contributed by atoms with E-state index in [2.05, 4.69) is 26.2 Å². The summed E-state index contributed by atoms with van der Waals surface area (Å²) in [5, 5.41) is 4.37. The number of nitrogens with one attached hydrogen (secondary N) is 1. The Morgan fingerprint density at radius 2 is 2.05 bits per heavy atom. The summed E-state index contributed by atoms with van der Waals surface area (Å²) in [5.41, 5.74) is 0.687. The van der Waals surface area contributed by atoms with Gasteiger partial charge in [0.05, 0.1) is 15.2 Å². The van der Waals surface area contributed by atoms with Gasteiger partial charge < -0.3 is 10.1 Å². The predicted octanol–water partition coefficient (Wildman–Crippen LogP) is 5.16. The smallest absolute Gasteiger partial charge is 0.134 e. The van der Waals surface area contributed by atoms with Crippen LogP contribution in [-0.4, -0.2) is 11.5 Å². The Balaban J connectivity index is 2.11. The van der Waals surface area contributed by atoms with Gasteiger partial charge in [0.2, 0.25) is 0 Å². The zero-order valence-electron chi connectivity index (χ0n) is 10.8. The number of rotatable bonds is 5. The second-order valence-electron chi connectivity index (χ2n) is 4.02. The molecule has 0 aliphatic heterocycles. The summed E-state index contributed by atoms with van der Waals surface area (Å²) >= 11 is 15.4. The average Bonchev–Trinajstić information content (AvgIpc) is 2.41. The van der Waals surface area contributed by atoms with Gasteiger partial charge >= 0.3 is 0 Å². The summed E-state index contributed by atoms with van der Waals surface area (Å²) < 4.78 is 6.51. The summed E-state index contributed by atoms with van der Waals surface area (Å²) in [6.45, 7) is 3.10. The fourth-order valence-electron chi connectivity index (χ4n) is 1.60. The van der Waals surface area contributed by atoms with Crippen LogP contribution < -0.4 is 10.1 Å². The highest BCUT2D eigenvalue weighted by molar-refractivity contribution is 9.10. The average molecular weight is 376 g/mol. The molecular formula is C14H13BrCl2N2O. The van der Waals surface area contributed by atoms with Crippen LogP contribution in [0.1, 0.15) is 12.6 Å². The molecule has 0 saturated carbocycles. The molecule has 6 heteroatoms. The first-order chi connectivity index (χ1) is 9.60. The fraction of sp³-hybridized carbons (Fsp3) is 0.214. The number of anilines is 1. The van der Waals surface area contributed by atoms with Gasteiger partial charge in [-0.2, -0.15) is 0 Å². The van der Waals surface area contributed by atoms with Crippen LogP contribution >= 0.6 is 39.1 Å². The normalized spacial score (nSPS) is 10.4. The SMILES string of the molecule is CCNc1ccc(Cl)c(COc2ccc(Cl)cc2Br)n1. The second-order valence-corrected chi connectivity index (χ2v) is 5.72. The molecule has 2 aromatic rings. The van der Waals surface area contributed by atoms with Crippen LogP contribution in [0.5, 0.6) is 5.75 Å². The largest absolute Gasteiger partial charge is 0.486 e. The van der Waals surface area contributed by atoms with Crippen molar-refractivity contribution in [3.05, 3.63) is 50.5 Å². The molecule has 2 rings (SSSR count). The van der Waals surface area contributed by atoms with Crippen molar-refractivity contribution in [1.29, 1.82) is 0 Å². The minimum Gasteiger partial charge on any atom is -0.486 e. The summed E-state index contributed by atoms with van der Waals surface area (Å²) in [6.07, 6.45) is 0. The monoisotopic (exact) mass is 374 g/mol. The summed E-state index contributed by atoms with van der Waals surface area (Å²) in [7, 11) is 0. The van der Waals surface area contributed by atoms with Crippen LogP contribution in [0.4, 0.5) is 5.82 Å². The minimum atomic E-state index is 0.290. The van der Waals surface area contributed by atoms with Crippen LogP contribution in [0, 0.1) is 0 Å². The predicted molar refractivity (Wildman–Crippen MR) is 86.9 cm³/mol. The quantitative estimate of drug-likeness (QED) is 0.783. The van der Waals surface area contributed by atoms with E-state index in [1.54, 1.807) is 18.2 Å². The van der Waals surface area contributed by atoms with Gasteiger partial charge in [-0.15, -0.1) is 0 Å². The van der Waals surface area contributed by atoms with Gasteiger partial charge in [-0.05, 0) is 53.2 Å². The Bertz CT molecular complexity index is 608. The van der Waals surface area contributed by atoms with Crippen molar-refractivity contribution in [2.24, 2.45) is 0 Å². The molecule has 1 heterocycles. The lowest BCUT2D eigenvalue weighted by molar-refractivity contribution is 0.299. The van der Waals surface area contributed by atoms with E-state index < -0.39 is 0 Å². The lowest BCUT2D eigenvalue weighted by Gasteiger charge is -2.10. The van der Waals surface area contributed by atoms with Crippen molar-refractivity contribution < 1.29 is 4.74 Å². The van der Waals surface area contributed by atoms with E-state index >= 15 is 0 Å². The number of pyridine rings is 1. The third-order valence-corrected chi connectivity index (χ3v) is 3.73. The molecule has 3 nitrogen and oxygen atoms in total. The topological polar surface area (TPSA) is 34.1 Å². The lowest BCUT2D eigenvalue weighted by atomic mass is 10.3. The molecule has 1 N–H and O–H groups in total. The Morgan fingerprint density at radius 1 is 1.25 bits per heavy atom.